The molecule has 0 spiro atoms. The maximum atomic E-state index is 13.3. The number of amides is 1. The monoisotopic (exact) mass is 562 g/mol. The van der Waals surface area contributed by atoms with E-state index >= 15 is 0 Å². The average Bonchev–Trinajstić information content (AvgIpc) is 3.58. The summed E-state index contributed by atoms with van der Waals surface area (Å²) in [6.45, 7) is 0.899. The van der Waals surface area contributed by atoms with Gasteiger partial charge in [0.05, 0.1) is 5.60 Å². The third kappa shape index (κ3) is 4.12. The van der Waals surface area contributed by atoms with Crippen molar-refractivity contribution in [2.75, 3.05) is 26.3 Å². The summed E-state index contributed by atoms with van der Waals surface area (Å²) in [5.74, 6) is -0.844. The molecule has 2 aliphatic carbocycles. The lowest BCUT2D eigenvalue weighted by atomic mass is 9.82. The number of hydrogen-bond acceptors (Lipinski definition) is 5. The van der Waals surface area contributed by atoms with E-state index in [-0.39, 0.29) is 30.5 Å². The summed E-state index contributed by atoms with van der Waals surface area (Å²) in [4.78, 5) is 30.6. The zero-order valence-electron chi connectivity index (χ0n) is 20.2. The first-order valence-corrected chi connectivity index (χ1v) is 13.3. The van der Waals surface area contributed by atoms with E-state index in [2.05, 4.69) is 45.2 Å². The maximum Gasteiger partial charge on any atom is 0.409 e. The number of benzene rings is 2. The van der Waals surface area contributed by atoms with Gasteiger partial charge in [-0.25, -0.2) is 9.59 Å². The molecule has 1 N–H and O–H groups in total. The van der Waals surface area contributed by atoms with Gasteiger partial charge in [0.25, 0.3) is 0 Å². The third-order valence-corrected chi connectivity index (χ3v) is 8.83. The van der Waals surface area contributed by atoms with Crippen molar-refractivity contribution in [3.8, 4) is 11.1 Å². The minimum Gasteiger partial charge on any atom is -0.480 e. The van der Waals surface area contributed by atoms with Crippen LogP contribution in [0.4, 0.5) is 4.79 Å². The van der Waals surface area contributed by atoms with Crippen molar-refractivity contribution in [2.24, 2.45) is 11.8 Å². The Morgan fingerprint density at radius 1 is 1.05 bits per heavy atom. The molecule has 6 rings (SSSR count). The molecule has 1 saturated carbocycles. The molecular weight excluding hydrogens is 536 g/mol. The van der Waals surface area contributed by atoms with Crippen LogP contribution in [0.5, 0.6) is 0 Å². The van der Waals surface area contributed by atoms with Gasteiger partial charge in [-0.2, -0.15) is 0 Å². The number of nitrogens with zero attached hydrogens (tertiary/aromatic N) is 2. The number of carbonyl (C=O) groups is 2. The van der Waals surface area contributed by atoms with Gasteiger partial charge >= 0.3 is 12.1 Å². The SMILES string of the molecule is O=C(O)COC1(c2ccncc2Br)CCC2CN(C(=O)OCC3c4ccccc4-c4ccccc43)CC21. The van der Waals surface area contributed by atoms with Crippen molar-refractivity contribution >= 4 is 28.0 Å². The second-order valence-corrected chi connectivity index (χ2v) is 10.9. The van der Waals surface area contributed by atoms with Crippen LogP contribution in [0.1, 0.15) is 35.4 Å². The Morgan fingerprint density at radius 2 is 1.76 bits per heavy atom. The predicted molar refractivity (Wildman–Crippen MR) is 140 cm³/mol. The number of hydrogen-bond donors (Lipinski definition) is 1. The summed E-state index contributed by atoms with van der Waals surface area (Å²) < 4.78 is 12.8. The molecule has 3 aromatic rings. The van der Waals surface area contributed by atoms with Crippen LogP contribution in [-0.2, 0) is 19.9 Å². The molecule has 1 aromatic heterocycles. The average molecular weight is 563 g/mol. The Labute approximate surface area is 223 Å². The van der Waals surface area contributed by atoms with Gasteiger partial charge in [-0.15, -0.1) is 0 Å². The summed E-state index contributed by atoms with van der Waals surface area (Å²) >= 11 is 3.58. The molecule has 37 heavy (non-hydrogen) atoms. The van der Waals surface area contributed by atoms with Crippen LogP contribution >= 0.6 is 15.9 Å². The summed E-state index contributed by atoms with van der Waals surface area (Å²) in [6.07, 6.45) is 4.59. The van der Waals surface area contributed by atoms with E-state index < -0.39 is 18.2 Å². The number of aliphatic carboxylic acids is 1. The lowest BCUT2D eigenvalue weighted by Crippen LogP contribution is -2.40. The van der Waals surface area contributed by atoms with Gasteiger partial charge in [0, 0.05) is 47.4 Å². The Balaban J connectivity index is 1.20. The van der Waals surface area contributed by atoms with Gasteiger partial charge < -0.3 is 19.5 Å². The zero-order valence-corrected chi connectivity index (χ0v) is 21.8. The molecule has 3 unspecified atom stereocenters. The van der Waals surface area contributed by atoms with Crippen LogP contribution in [0, 0.1) is 11.8 Å². The third-order valence-electron chi connectivity index (χ3n) is 8.20. The first kappa shape index (κ1) is 24.1. The van der Waals surface area contributed by atoms with Crippen molar-refractivity contribution in [3.05, 3.63) is 88.2 Å². The summed E-state index contributed by atoms with van der Waals surface area (Å²) in [5, 5.41) is 9.36. The molecule has 3 aliphatic rings. The number of carboxylic acid groups (broad SMARTS) is 1. The molecule has 1 amide bonds. The molecule has 3 atom stereocenters. The Morgan fingerprint density at radius 3 is 2.43 bits per heavy atom. The topological polar surface area (TPSA) is 89.0 Å². The van der Waals surface area contributed by atoms with Gasteiger partial charge in [-0.3, -0.25) is 4.98 Å². The number of carboxylic acids is 1. The molecular formula is C29H27BrN2O5. The number of halogens is 1. The number of fused-ring (bicyclic) bond motifs is 4. The Kier molecular flexibility index (Phi) is 6.24. The van der Waals surface area contributed by atoms with E-state index in [1.54, 1.807) is 17.3 Å². The number of likely N-dealkylation sites (tertiary alicyclic amines) is 1. The van der Waals surface area contributed by atoms with E-state index in [0.717, 1.165) is 16.5 Å². The van der Waals surface area contributed by atoms with Gasteiger partial charge in [0.2, 0.25) is 0 Å². The molecule has 7 nitrogen and oxygen atoms in total. The van der Waals surface area contributed by atoms with Crippen molar-refractivity contribution in [3.63, 3.8) is 0 Å². The van der Waals surface area contributed by atoms with Gasteiger partial charge in [0.1, 0.15) is 13.2 Å². The highest BCUT2D eigenvalue weighted by Crippen LogP contribution is 2.54. The van der Waals surface area contributed by atoms with Crippen LogP contribution in [0.3, 0.4) is 0 Å². The van der Waals surface area contributed by atoms with Crippen LogP contribution in [0.25, 0.3) is 11.1 Å². The van der Waals surface area contributed by atoms with Gasteiger partial charge in [-0.05, 0) is 63.0 Å². The summed E-state index contributed by atoms with van der Waals surface area (Å²) in [7, 11) is 0. The smallest absolute Gasteiger partial charge is 0.409 e. The molecule has 1 saturated heterocycles. The Bertz CT molecular complexity index is 1320. The van der Waals surface area contributed by atoms with Crippen molar-refractivity contribution in [1.29, 1.82) is 0 Å². The van der Waals surface area contributed by atoms with E-state index in [0.29, 0.717) is 19.5 Å². The zero-order chi connectivity index (χ0) is 25.6. The number of pyridine rings is 1. The molecule has 190 valence electrons. The number of ether oxygens (including phenoxy) is 2. The van der Waals surface area contributed by atoms with E-state index in [1.807, 2.05) is 30.3 Å². The minimum absolute atomic E-state index is 0.00391. The van der Waals surface area contributed by atoms with Crippen LogP contribution < -0.4 is 0 Å². The fourth-order valence-electron chi connectivity index (χ4n) is 6.61. The van der Waals surface area contributed by atoms with E-state index in [1.165, 1.54) is 22.3 Å². The molecule has 2 aromatic carbocycles. The second kappa shape index (κ2) is 9.58. The minimum atomic E-state index is -1.01. The van der Waals surface area contributed by atoms with Crippen molar-refractivity contribution in [2.45, 2.75) is 24.4 Å². The Hall–Kier alpha value is -3.23. The van der Waals surface area contributed by atoms with Crippen LogP contribution in [-0.4, -0.2) is 53.4 Å². The van der Waals surface area contributed by atoms with Crippen molar-refractivity contribution in [1.82, 2.24) is 9.88 Å². The first-order valence-electron chi connectivity index (χ1n) is 12.5. The number of carbonyl (C=O) groups excluding carboxylic acids is 1. The highest BCUT2D eigenvalue weighted by atomic mass is 79.9. The predicted octanol–water partition coefficient (Wildman–Crippen LogP) is 5.43. The second-order valence-electron chi connectivity index (χ2n) is 10.0. The maximum absolute atomic E-state index is 13.3. The lowest BCUT2D eigenvalue weighted by Gasteiger charge is -2.36. The van der Waals surface area contributed by atoms with Gasteiger partial charge in [-0.1, -0.05) is 48.5 Å². The molecule has 1 aliphatic heterocycles. The van der Waals surface area contributed by atoms with Crippen LogP contribution in [0.15, 0.2) is 71.5 Å². The van der Waals surface area contributed by atoms with Gasteiger partial charge in [0.15, 0.2) is 0 Å². The normalized spacial score (nSPS) is 24.0. The highest BCUT2D eigenvalue weighted by Gasteiger charge is 2.56. The standard InChI is InChI=1S/C29H27BrN2O5/c30-26-13-31-12-10-24(26)29(37-17-27(33)34)11-9-18-14-32(15-25(18)29)28(35)36-16-23-21-7-3-1-5-19(21)20-6-2-4-8-22(20)23/h1-8,10,12-13,18,23,25H,9,11,14-17H2,(H,33,34). The lowest BCUT2D eigenvalue weighted by molar-refractivity contribution is -0.154. The molecule has 0 bridgehead atoms. The van der Waals surface area contributed by atoms with E-state index in [4.69, 9.17) is 9.47 Å². The summed E-state index contributed by atoms with van der Waals surface area (Å²) in [6, 6.07) is 18.4. The fraction of sp³-hybridized carbons (Fsp3) is 0.345. The fourth-order valence-corrected chi connectivity index (χ4v) is 7.20. The first-order chi connectivity index (χ1) is 18.0. The summed E-state index contributed by atoms with van der Waals surface area (Å²) in [5.41, 5.74) is 4.82. The number of aromatic nitrogens is 1. The molecule has 2 fully saturated rings. The van der Waals surface area contributed by atoms with Crippen LogP contribution in [0.2, 0.25) is 0 Å². The molecule has 0 radical (unpaired) electrons. The molecule has 8 heteroatoms. The quantitative estimate of drug-likeness (QED) is 0.430. The molecule has 2 heterocycles. The highest BCUT2D eigenvalue weighted by molar-refractivity contribution is 9.10. The van der Waals surface area contributed by atoms with Crippen molar-refractivity contribution < 1.29 is 24.2 Å². The largest absolute Gasteiger partial charge is 0.480 e. The van der Waals surface area contributed by atoms with E-state index in [9.17, 15) is 14.7 Å². The number of rotatable bonds is 6.